The van der Waals surface area contributed by atoms with Crippen LogP contribution in [0.15, 0.2) is 0 Å². The maximum Gasteiger partial charge on any atom is 0.187 e. The average Bonchev–Trinajstić information content (AvgIpc) is 0.918. The van der Waals surface area contributed by atoms with Crippen molar-refractivity contribution in [1.82, 2.24) is 0 Å². The smallest absolute Gasteiger partial charge is 0.179 e. The molecule has 0 rings (SSSR count). The molecule has 0 spiro atoms. The van der Waals surface area contributed by atoms with Crippen LogP contribution in [0.25, 0.3) is 0 Å². The van der Waals surface area contributed by atoms with Crippen LogP contribution < -0.4 is 0 Å². The van der Waals surface area contributed by atoms with Crippen LogP contribution in [0.2, 0.25) is 0 Å². The Bertz CT molecular complexity index is 8.00. The first-order valence-corrected chi connectivity index (χ1v) is 3.35. The minimum atomic E-state index is 0. The summed E-state index contributed by atoms with van der Waals surface area (Å²) in [5.74, 6) is 0. The summed E-state index contributed by atoms with van der Waals surface area (Å²) in [5, 5.41) is 0. The van der Waals surface area contributed by atoms with Gasteiger partial charge >= 0.3 is 0 Å². The molecule has 0 aromatic rings. The summed E-state index contributed by atoms with van der Waals surface area (Å²) < 4.78 is 0. The van der Waals surface area contributed by atoms with Crippen LogP contribution in [0, 0.1) is 0 Å². The van der Waals surface area contributed by atoms with Crippen LogP contribution in [-0.2, 0) is 0 Å². The van der Waals surface area contributed by atoms with Crippen LogP contribution in [0.1, 0.15) is 0 Å². The standard InChI is InChI=1S/Al.BH6PSi.3H/c;2-1-3;;;/h;1H,2H2,3H3;;;. The highest BCUT2D eigenvalue weighted by atomic mass is 31.0. The highest BCUT2D eigenvalue weighted by Crippen LogP contribution is 1.56. The molecule has 0 N–H and O–H groups in total. The molecule has 0 aromatic carbocycles. The van der Waals surface area contributed by atoms with E-state index >= 15 is 0 Å². The van der Waals surface area contributed by atoms with Gasteiger partial charge in [0.05, 0.1) is 0 Å². The largest absolute Gasteiger partial charge is 0.187 e. The number of rotatable bonds is 0. The fourth-order valence-electron chi connectivity index (χ4n) is 0. The molecule has 4 heteroatoms. The predicted octanol–water partition coefficient (Wildman–Crippen LogP) is -2.69. The predicted molar refractivity (Wildman–Crippen MR) is 36.7 cm³/mol. The molecule has 0 aliphatic heterocycles. The van der Waals surface area contributed by atoms with Gasteiger partial charge in [0.2, 0.25) is 0 Å². The summed E-state index contributed by atoms with van der Waals surface area (Å²) in [5.41, 5.74) is 0. The van der Waals surface area contributed by atoms with Crippen molar-refractivity contribution < 1.29 is 0 Å². The second kappa shape index (κ2) is 8.87. The van der Waals surface area contributed by atoms with Gasteiger partial charge in [0, 0.05) is 0 Å². The Kier molecular flexibility index (Phi) is 19.9. The average molecular weight is 106 g/mol. The topological polar surface area (TPSA) is 0 Å². The van der Waals surface area contributed by atoms with Gasteiger partial charge in [-0.05, 0) is 10.1 Å². The molecule has 0 bridgehead atoms. The molecule has 4 heavy (non-hydrogen) atoms. The van der Waals surface area contributed by atoms with Gasteiger partial charge in [0.1, 0.15) is 6.59 Å². The Morgan fingerprint density at radius 2 is 1.75 bits per heavy atom. The molecule has 0 aliphatic carbocycles. The maximum atomic E-state index is 2.64. The van der Waals surface area contributed by atoms with E-state index in [2.05, 4.69) is 9.12 Å². The van der Waals surface area contributed by atoms with Crippen LogP contribution in [-0.4, -0.2) is 34.1 Å². The van der Waals surface area contributed by atoms with E-state index in [1.165, 1.54) is 16.7 Å². The third kappa shape index (κ3) is 10.6. The molecular formula is H9AlBPSi. The lowest BCUT2D eigenvalue weighted by Gasteiger charge is -1.41. The molecule has 1 unspecified atom stereocenters. The fourth-order valence-corrected chi connectivity index (χ4v) is 0. The Balaban J connectivity index is 0. The number of hydrogen-bond donors (Lipinski definition) is 0. The third-order valence-electron chi connectivity index (χ3n) is 0. The van der Waals surface area contributed by atoms with Crippen molar-refractivity contribution >= 4 is 43.2 Å². The first-order chi connectivity index (χ1) is 1.41. The minimum absolute atomic E-state index is 0. The SMILES string of the molecule is [AlH3].[SiH3]BP. The van der Waals surface area contributed by atoms with E-state index in [1.54, 1.807) is 0 Å². The van der Waals surface area contributed by atoms with E-state index in [1.807, 2.05) is 0 Å². The van der Waals surface area contributed by atoms with Crippen molar-refractivity contribution in [2.45, 2.75) is 0 Å². The monoisotopic (exact) mass is 106 g/mol. The Morgan fingerprint density at radius 1 is 1.75 bits per heavy atom. The number of hydrogen-bond acceptors (Lipinski definition) is 0. The van der Waals surface area contributed by atoms with Crippen molar-refractivity contribution in [2.75, 3.05) is 0 Å². The maximum absolute atomic E-state index is 2.64. The summed E-state index contributed by atoms with van der Waals surface area (Å²) >= 11 is 0. The van der Waals surface area contributed by atoms with Crippen molar-refractivity contribution in [3.05, 3.63) is 0 Å². The highest BCUT2D eigenvalue weighted by Gasteiger charge is 1.43. The molecule has 24 valence electrons. The van der Waals surface area contributed by atoms with E-state index in [4.69, 9.17) is 0 Å². The quantitative estimate of drug-likeness (QED) is 0.233. The van der Waals surface area contributed by atoms with Crippen molar-refractivity contribution in [3.8, 4) is 0 Å². The van der Waals surface area contributed by atoms with Gasteiger partial charge in [0.25, 0.3) is 0 Å². The molecule has 1 atom stereocenters. The fraction of sp³-hybridized carbons (Fsp3) is 0. The third-order valence-corrected chi connectivity index (χ3v) is 0. The second-order valence-electron chi connectivity index (χ2n) is 0.408. The lowest BCUT2D eigenvalue weighted by atomic mass is 10.7. The Morgan fingerprint density at radius 3 is 1.75 bits per heavy atom. The van der Waals surface area contributed by atoms with Crippen LogP contribution in [0.4, 0.5) is 0 Å². The molecule has 0 nitrogen and oxygen atoms in total. The molecule has 0 saturated heterocycles. The first kappa shape index (κ1) is 8.98. The van der Waals surface area contributed by atoms with E-state index in [0.717, 1.165) is 0 Å². The summed E-state index contributed by atoms with van der Waals surface area (Å²) in [6.07, 6.45) is 0. The van der Waals surface area contributed by atoms with Gasteiger partial charge in [-0.2, -0.15) is 9.12 Å². The lowest BCUT2D eigenvalue weighted by molar-refractivity contribution is 4.52. The van der Waals surface area contributed by atoms with Crippen LogP contribution in [0.5, 0.6) is 0 Å². The van der Waals surface area contributed by atoms with Crippen molar-refractivity contribution in [3.63, 3.8) is 0 Å². The molecule has 0 fully saturated rings. The first-order valence-electron chi connectivity index (χ1n) is 1.12. The van der Waals surface area contributed by atoms with E-state index in [-0.39, 0.29) is 17.4 Å². The van der Waals surface area contributed by atoms with Crippen molar-refractivity contribution in [1.29, 1.82) is 0 Å². The summed E-state index contributed by atoms with van der Waals surface area (Å²) in [7, 11) is 3.97. The Hall–Kier alpha value is 1.24. The van der Waals surface area contributed by atoms with Crippen LogP contribution >= 0.6 is 9.12 Å². The van der Waals surface area contributed by atoms with Gasteiger partial charge in [-0.25, -0.2) is 0 Å². The molecule has 0 radical (unpaired) electrons. The van der Waals surface area contributed by atoms with E-state index in [9.17, 15) is 0 Å². The highest BCUT2D eigenvalue weighted by molar-refractivity contribution is 7.65. The molecular weight excluding hydrogens is 96.9 g/mol. The van der Waals surface area contributed by atoms with Gasteiger partial charge in [-0.3, -0.25) is 0 Å². The van der Waals surface area contributed by atoms with Gasteiger partial charge in [0.15, 0.2) is 17.4 Å². The van der Waals surface area contributed by atoms with Gasteiger partial charge in [-0.1, -0.05) is 0 Å². The van der Waals surface area contributed by atoms with Crippen LogP contribution in [0.3, 0.4) is 0 Å². The lowest BCUT2D eigenvalue weighted by Crippen LogP contribution is -1.60. The van der Waals surface area contributed by atoms with E-state index < -0.39 is 0 Å². The zero-order chi connectivity index (χ0) is 2.71. The van der Waals surface area contributed by atoms with Gasteiger partial charge in [-0.15, -0.1) is 0 Å². The zero-order valence-corrected chi connectivity index (χ0v) is 5.44. The minimum Gasteiger partial charge on any atom is -0.179 e. The summed E-state index contributed by atoms with van der Waals surface area (Å²) in [4.78, 5) is 0. The molecule has 0 amide bonds. The zero-order valence-electron chi connectivity index (χ0n) is 2.28. The molecule has 0 heterocycles. The summed E-state index contributed by atoms with van der Waals surface area (Å²) in [6.45, 7) is 1.31. The second-order valence-corrected chi connectivity index (χ2v) is 3.67. The molecule has 0 aromatic heterocycles. The summed E-state index contributed by atoms with van der Waals surface area (Å²) in [6, 6.07) is 0. The molecule has 0 aliphatic rings. The van der Waals surface area contributed by atoms with Crippen molar-refractivity contribution in [2.24, 2.45) is 0 Å². The van der Waals surface area contributed by atoms with E-state index in [0.29, 0.717) is 0 Å². The Labute approximate surface area is 43.6 Å². The normalized spacial score (nSPS) is 4.25. The van der Waals surface area contributed by atoms with Gasteiger partial charge < -0.3 is 0 Å². The molecule has 0 saturated carbocycles.